The predicted octanol–water partition coefficient (Wildman–Crippen LogP) is 3.38. The van der Waals surface area contributed by atoms with E-state index in [9.17, 15) is 9.90 Å². The molecule has 4 rings (SSSR count). The van der Waals surface area contributed by atoms with Crippen molar-refractivity contribution >= 4 is 39.1 Å². The summed E-state index contributed by atoms with van der Waals surface area (Å²) in [4.78, 5) is 19.3. The number of phenols is 1. The molecule has 8 heteroatoms. The van der Waals surface area contributed by atoms with Crippen LogP contribution >= 0.6 is 22.9 Å². The molecular weight excluding hydrogens is 398 g/mol. The van der Waals surface area contributed by atoms with Gasteiger partial charge >= 0.3 is 0 Å². The highest BCUT2D eigenvalue weighted by atomic mass is 35.5. The number of aromatic hydroxyl groups is 1. The molecule has 2 N–H and O–H groups in total. The Bertz CT molecular complexity index is 1000. The van der Waals surface area contributed by atoms with Crippen molar-refractivity contribution in [3.8, 4) is 16.3 Å². The third kappa shape index (κ3) is 4.28. The topological polar surface area (TPSA) is 74.7 Å². The summed E-state index contributed by atoms with van der Waals surface area (Å²) >= 11 is 7.33. The summed E-state index contributed by atoms with van der Waals surface area (Å²) in [5.74, 6) is -0.00733. The number of carbonyl (C=O) groups is 1. The second kappa shape index (κ2) is 8.45. The van der Waals surface area contributed by atoms with E-state index in [1.54, 1.807) is 18.2 Å². The Kier molecular flexibility index (Phi) is 5.77. The fourth-order valence-electron chi connectivity index (χ4n) is 3.12. The first kappa shape index (κ1) is 19.1. The monoisotopic (exact) mass is 417 g/mol. The lowest BCUT2D eigenvalue weighted by atomic mass is 10.2. The van der Waals surface area contributed by atoms with Crippen LogP contribution in [0.5, 0.6) is 5.75 Å². The number of benzene rings is 2. The fraction of sp³-hybridized carbons (Fsp3) is 0.300. The van der Waals surface area contributed by atoms with E-state index >= 15 is 0 Å². The normalized spacial score (nSPS) is 15.0. The number of fused-ring (bicyclic) bond motifs is 1. The van der Waals surface area contributed by atoms with Gasteiger partial charge in [-0.05, 0) is 36.4 Å². The molecule has 6 nitrogen and oxygen atoms in total. The van der Waals surface area contributed by atoms with Gasteiger partial charge < -0.3 is 15.2 Å². The lowest BCUT2D eigenvalue weighted by Crippen LogP contribution is -2.41. The number of halogens is 1. The van der Waals surface area contributed by atoms with Crippen molar-refractivity contribution in [1.82, 2.24) is 15.2 Å². The molecule has 2 heterocycles. The average molecular weight is 418 g/mol. The third-order valence-electron chi connectivity index (χ3n) is 4.66. The number of amides is 1. The number of nitrogens with zero attached hydrogens (tertiary/aromatic N) is 2. The molecule has 1 aromatic heterocycles. The molecule has 1 fully saturated rings. The highest BCUT2D eigenvalue weighted by Gasteiger charge is 2.14. The van der Waals surface area contributed by atoms with E-state index < -0.39 is 0 Å². The smallest absolute Gasteiger partial charge is 0.251 e. The molecule has 0 saturated carbocycles. The Hall–Kier alpha value is -2.19. The van der Waals surface area contributed by atoms with Crippen molar-refractivity contribution < 1.29 is 14.6 Å². The Morgan fingerprint density at radius 3 is 2.86 bits per heavy atom. The molecule has 1 aliphatic heterocycles. The quantitative estimate of drug-likeness (QED) is 0.665. The van der Waals surface area contributed by atoms with Crippen LogP contribution in [0.15, 0.2) is 36.4 Å². The van der Waals surface area contributed by atoms with E-state index in [2.05, 4.69) is 15.2 Å². The summed E-state index contributed by atoms with van der Waals surface area (Å²) in [6, 6.07) is 10.4. The largest absolute Gasteiger partial charge is 0.507 e. The van der Waals surface area contributed by atoms with Gasteiger partial charge in [-0.1, -0.05) is 11.6 Å². The Morgan fingerprint density at radius 1 is 1.25 bits per heavy atom. The molecule has 0 spiro atoms. The van der Waals surface area contributed by atoms with Gasteiger partial charge in [0.15, 0.2) is 0 Å². The molecule has 1 saturated heterocycles. The van der Waals surface area contributed by atoms with E-state index in [1.165, 1.54) is 17.4 Å². The van der Waals surface area contributed by atoms with Crippen LogP contribution in [0.1, 0.15) is 10.4 Å². The van der Waals surface area contributed by atoms with Crippen molar-refractivity contribution in [2.45, 2.75) is 0 Å². The predicted molar refractivity (Wildman–Crippen MR) is 111 cm³/mol. The van der Waals surface area contributed by atoms with Crippen LogP contribution in [0, 0.1) is 0 Å². The number of rotatable bonds is 5. The Labute approximate surface area is 171 Å². The molecule has 146 valence electrons. The van der Waals surface area contributed by atoms with Crippen LogP contribution in [0.3, 0.4) is 0 Å². The van der Waals surface area contributed by atoms with Gasteiger partial charge in [-0.25, -0.2) is 4.98 Å². The zero-order valence-electron chi connectivity index (χ0n) is 15.2. The third-order valence-corrected chi connectivity index (χ3v) is 5.94. The van der Waals surface area contributed by atoms with Crippen LogP contribution in [-0.2, 0) is 4.74 Å². The molecule has 0 aliphatic carbocycles. The Morgan fingerprint density at radius 2 is 2.07 bits per heavy atom. The van der Waals surface area contributed by atoms with Crippen LogP contribution in [0.4, 0.5) is 0 Å². The molecule has 0 bridgehead atoms. The minimum Gasteiger partial charge on any atom is -0.507 e. The maximum absolute atomic E-state index is 12.5. The van der Waals surface area contributed by atoms with E-state index in [-0.39, 0.29) is 11.7 Å². The number of thiazole rings is 1. The Balaban J connectivity index is 1.45. The van der Waals surface area contributed by atoms with Crippen molar-refractivity contribution in [3.05, 3.63) is 47.0 Å². The number of ether oxygens (including phenoxy) is 1. The number of hydrogen-bond acceptors (Lipinski definition) is 6. The number of phenolic OH excluding ortho intramolecular Hbond substituents is 1. The maximum Gasteiger partial charge on any atom is 0.251 e. The summed E-state index contributed by atoms with van der Waals surface area (Å²) < 4.78 is 6.22. The zero-order chi connectivity index (χ0) is 19.5. The molecule has 3 aromatic rings. The molecular formula is C20H20ClN3O3S. The van der Waals surface area contributed by atoms with Crippen molar-refractivity contribution in [2.24, 2.45) is 0 Å². The van der Waals surface area contributed by atoms with Crippen molar-refractivity contribution in [1.29, 1.82) is 0 Å². The van der Waals surface area contributed by atoms with Crippen LogP contribution in [0.25, 0.3) is 20.8 Å². The van der Waals surface area contributed by atoms with E-state index in [0.717, 1.165) is 43.1 Å². The maximum atomic E-state index is 12.5. The summed E-state index contributed by atoms with van der Waals surface area (Å²) in [6.07, 6.45) is 0. The highest BCUT2D eigenvalue weighted by molar-refractivity contribution is 7.21. The minimum atomic E-state index is -0.0977. The number of hydrogen-bond donors (Lipinski definition) is 2. The molecule has 2 aromatic carbocycles. The van der Waals surface area contributed by atoms with Crippen LogP contribution in [-0.4, -0.2) is 60.3 Å². The van der Waals surface area contributed by atoms with Gasteiger partial charge in [0, 0.05) is 36.8 Å². The van der Waals surface area contributed by atoms with E-state index in [1.807, 2.05) is 12.1 Å². The molecule has 0 unspecified atom stereocenters. The first-order valence-electron chi connectivity index (χ1n) is 9.08. The minimum absolute atomic E-state index is 0.0904. The van der Waals surface area contributed by atoms with Crippen molar-refractivity contribution in [3.63, 3.8) is 0 Å². The molecule has 0 radical (unpaired) electrons. The number of aromatic nitrogens is 1. The van der Waals surface area contributed by atoms with E-state index in [0.29, 0.717) is 27.7 Å². The SMILES string of the molecule is O=C(NCCN1CCOCC1)c1ccc2nc(-c3ccc(Cl)cc3O)sc2c1. The van der Waals surface area contributed by atoms with Gasteiger partial charge in [0.05, 0.1) is 29.0 Å². The summed E-state index contributed by atoms with van der Waals surface area (Å²) in [6.45, 7) is 4.73. The number of carbonyl (C=O) groups excluding carboxylic acids is 1. The fourth-order valence-corrected chi connectivity index (χ4v) is 4.33. The second-order valence-corrected chi connectivity index (χ2v) is 8.04. The second-order valence-electron chi connectivity index (χ2n) is 6.57. The van der Waals surface area contributed by atoms with Crippen LogP contribution < -0.4 is 5.32 Å². The summed E-state index contributed by atoms with van der Waals surface area (Å²) in [5.41, 5.74) is 2.02. The molecule has 1 amide bonds. The number of nitrogens with one attached hydrogen (secondary N) is 1. The van der Waals surface area contributed by atoms with E-state index in [4.69, 9.17) is 16.3 Å². The zero-order valence-corrected chi connectivity index (χ0v) is 16.7. The first-order valence-corrected chi connectivity index (χ1v) is 10.3. The van der Waals surface area contributed by atoms with Gasteiger partial charge in [-0.2, -0.15) is 0 Å². The lowest BCUT2D eigenvalue weighted by molar-refractivity contribution is 0.0383. The van der Waals surface area contributed by atoms with Gasteiger partial charge in [0.25, 0.3) is 5.91 Å². The van der Waals surface area contributed by atoms with Gasteiger partial charge in [-0.15, -0.1) is 11.3 Å². The van der Waals surface area contributed by atoms with Gasteiger partial charge in [0.1, 0.15) is 10.8 Å². The van der Waals surface area contributed by atoms with Gasteiger partial charge in [-0.3, -0.25) is 9.69 Å². The summed E-state index contributed by atoms with van der Waals surface area (Å²) in [7, 11) is 0. The average Bonchev–Trinajstić information content (AvgIpc) is 3.11. The molecule has 0 atom stereocenters. The lowest BCUT2D eigenvalue weighted by Gasteiger charge is -2.26. The molecule has 28 heavy (non-hydrogen) atoms. The summed E-state index contributed by atoms with van der Waals surface area (Å²) in [5, 5.41) is 14.3. The molecule has 1 aliphatic rings. The first-order chi connectivity index (χ1) is 13.6. The van der Waals surface area contributed by atoms with Crippen LogP contribution in [0.2, 0.25) is 5.02 Å². The van der Waals surface area contributed by atoms with Gasteiger partial charge in [0.2, 0.25) is 0 Å². The van der Waals surface area contributed by atoms with Crippen molar-refractivity contribution in [2.75, 3.05) is 39.4 Å². The number of morpholine rings is 1. The highest BCUT2D eigenvalue weighted by Crippen LogP contribution is 2.36. The standard InChI is InChI=1S/C20H20ClN3O3S/c21-14-2-3-15(17(25)12-14)20-23-16-4-1-13(11-18(16)28-20)19(26)22-5-6-24-7-9-27-10-8-24/h1-4,11-12,25H,5-10H2,(H,22,26).